The number of nitrogens with zero attached hydrogens (tertiary/aromatic N) is 2. The van der Waals surface area contributed by atoms with Crippen molar-refractivity contribution in [3.63, 3.8) is 0 Å². The van der Waals surface area contributed by atoms with Crippen LogP contribution in [0.2, 0.25) is 10.0 Å². The van der Waals surface area contributed by atoms with Crippen LogP contribution >= 0.6 is 34.5 Å². The van der Waals surface area contributed by atoms with Crippen molar-refractivity contribution in [2.24, 2.45) is 0 Å². The molecule has 0 atom stereocenters. The third-order valence-electron chi connectivity index (χ3n) is 4.46. The molecule has 1 aliphatic rings. The maximum Gasteiger partial charge on any atom is 0.255 e. The van der Waals surface area contributed by atoms with Crippen molar-refractivity contribution in [1.29, 1.82) is 0 Å². The van der Waals surface area contributed by atoms with Crippen LogP contribution < -0.4 is 0 Å². The second kappa shape index (κ2) is 8.87. The molecular formula is C19H18Cl2N2O3S. The standard InChI is InChI=1S/C19H18Cl2N2O3S/c20-14-4-1-3-13(18(14)21)19(26)23-10-8-22(9-11-23)17(25)7-6-15(24)16-5-2-12-27-16/h1-5,12H,6-11H2. The van der Waals surface area contributed by atoms with Gasteiger partial charge in [-0.3, -0.25) is 14.4 Å². The Morgan fingerprint density at radius 3 is 2.30 bits per heavy atom. The highest BCUT2D eigenvalue weighted by molar-refractivity contribution is 7.12. The van der Waals surface area contributed by atoms with Crippen molar-refractivity contribution in [2.75, 3.05) is 26.2 Å². The van der Waals surface area contributed by atoms with Gasteiger partial charge in [-0.2, -0.15) is 0 Å². The van der Waals surface area contributed by atoms with E-state index in [0.29, 0.717) is 41.6 Å². The van der Waals surface area contributed by atoms with E-state index >= 15 is 0 Å². The van der Waals surface area contributed by atoms with Gasteiger partial charge in [-0.15, -0.1) is 11.3 Å². The smallest absolute Gasteiger partial charge is 0.255 e. The summed E-state index contributed by atoms with van der Waals surface area (Å²) in [5.41, 5.74) is 0.366. The van der Waals surface area contributed by atoms with Crippen molar-refractivity contribution in [3.05, 3.63) is 56.2 Å². The molecule has 1 aromatic heterocycles. The first-order valence-corrected chi connectivity index (χ1v) is 10.2. The van der Waals surface area contributed by atoms with E-state index in [4.69, 9.17) is 23.2 Å². The molecule has 2 amide bonds. The molecule has 0 spiro atoms. The fourth-order valence-electron chi connectivity index (χ4n) is 2.94. The first kappa shape index (κ1) is 19.9. The summed E-state index contributed by atoms with van der Waals surface area (Å²) in [5.74, 6) is -0.266. The molecule has 1 aromatic carbocycles. The van der Waals surface area contributed by atoms with E-state index in [0.717, 1.165) is 0 Å². The van der Waals surface area contributed by atoms with Crippen LogP contribution in [-0.2, 0) is 4.79 Å². The van der Waals surface area contributed by atoms with Crippen molar-refractivity contribution in [1.82, 2.24) is 9.80 Å². The minimum absolute atomic E-state index is 0.0113. The lowest BCUT2D eigenvalue weighted by molar-refractivity contribution is -0.132. The summed E-state index contributed by atoms with van der Waals surface area (Å²) in [6.45, 7) is 1.73. The molecule has 2 aromatic rings. The zero-order valence-corrected chi connectivity index (χ0v) is 16.8. The van der Waals surface area contributed by atoms with Crippen molar-refractivity contribution in [3.8, 4) is 0 Å². The van der Waals surface area contributed by atoms with E-state index in [9.17, 15) is 14.4 Å². The molecule has 27 heavy (non-hydrogen) atoms. The number of rotatable bonds is 5. The minimum Gasteiger partial charge on any atom is -0.339 e. The summed E-state index contributed by atoms with van der Waals surface area (Å²) < 4.78 is 0. The Bertz CT molecular complexity index is 847. The van der Waals surface area contributed by atoms with E-state index in [-0.39, 0.29) is 35.5 Å². The number of amides is 2. The Labute approximate surface area is 171 Å². The number of hydrogen-bond acceptors (Lipinski definition) is 4. The average molecular weight is 425 g/mol. The molecule has 0 aliphatic carbocycles. The number of piperazine rings is 1. The highest BCUT2D eigenvalue weighted by Crippen LogP contribution is 2.26. The van der Waals surface area contributed by atoms with Gasteiger partial charge in [-0.25, -0.2) is 0 Å². The van der Waals surface area contributed by atoms with E-state index in [2.05, 4.69) is 0 Å². The van der Waals surface area contributed by atoms with Gasteiger partial charge in [-0.1, -0.05) is 35.3 Å². The zero-order chi connectivity index (χ0) is 19.4. The summed E-state index contributed by atoms with van der Waals surface area (Å²) >= 11 is 13.5. The van der Waals surface area contributed by atoms with E-state index < -0.39 is 0 Å². The number of carbonyl (C=O) groups excluding carboxylic acids is 3. The largest absolute Gasteiger partial charge is 0.339 e. The molecule has 1 saturated heterocycles. The fraction of sp³-hybridized carbons (Fsp3) is 0.316. The van der Waals surface area contributed by atoms with Crippen LogP contribution in [0.25, 0.3) is 0 Å². The Morgan fingerprint density at radius 2 is 1.63 bits per heavy atom. The normalized spacial score (nSPS) is 14.3. The molecule has 1 fully saturated rings. The van der Waals surface area contributed by atoms with Gasteiger partial charge < -0.3 is 9.80 Å². The second-order valence-electron chi connectivity index (χ2n) is 6.17. The van der Waals surface area contributed by atoms with E-state index in [1.807, 2.05) is 11.4 Å². The van der Waals surface area contributed by atoms with Gasteiger partial charge in [-0.05, 0) is 23.6 Å². The third kappa shape index (κ3) is 4.69. The molecule has 142 valence electrons. The molecule has 1 aliphatic heterocycles. The first-order chi connectivity index (χ1) is 13.0. The lowest BCUT2D eigenvalue weighted by atomic mass is 10.1. The SMILES string of the molecule is O=C(CCC(=O)N1CCN(C(=O)c2cccc(Cl)c2Cl)CC1)c1cccs1. The van der Waals surface area contributed by atoms with Crippen molar-refractivity contribution < 1.29 is 14.4 Å². The molecule has 3 rings (SSSR count). The van der Waals surface area contributed by atoms with Crippen molar-refractivity contribution in [2.45, 2.75) is 12.8 Å². The fourth-order valence-corrected chi connectivity index (χ4v) is 4.01. The van der Waals surface area contributed by atoms with Crippen LogP contribution in [0, 0.1) is 0 Å². The van der Waals surface area contributed by atoms with Gasteiger partial charge in [0.15, 0.2) is 5.78 Å². The Kier molecular flexibility index (Phi) is 6.52. The van der Waals surface area contributed by atoms with Crippen LogP contribution in [-0.4, -0.2) is 53.6 Å². The lowest BCUT2D eigenvalue weighted by Crippen LogP contribution is -2.50. The highest BCUT2D eigenvalue weighted by atomic mass is 35.5. The van der Waals surface area contributed by atoms with Gasteiger partial charge in [0.2, 0.25) is 5.91 Å². The monoisotopic (exact) mass is 424 g/mol. The topological polar surface area (TPSA) is 57.7 Å². The van der Waals surface area contributed by atoms with Gasteiger partial charge >= 0.3 is 0 Å². The quantitative estimate of drug-likeness (QED) is 0.681. The zero-order valence-electron chi connectivity index (χ0n) is 14.5. The Balaban J connectivity index is 1.51. The number of benzene rings is 1. The average Bonchev–Trinajstić information content (AvgIpc) is 3.22. The predicted molar refractivity (Wildman–Crippen MR) is 107 cm³/mol. The predicted octanol–water partition coefficient (Wildman–Crippen LogP) is 4.00. The number of hydrogen-bond donors (Lipinski definition) is 0. The van der Waals surface area contributed by atoms with E-state index in [1.54, 1.807) is 34.1 Å². The number of halogens is 2. The number of thiophene rings is 1. The number of Topliss-reactive ketones (excluding diaryl/α,β-unsaturated/α-hetero) is 1. The molecule has 2 heterocycles. The highest BCUT2D eigenvalue weighted by Gasteiger charge is 2.26. The summed E-state index contributed by atoms with van der Waals surface area (Å²) in [5, 5.41) is 2.43. The Morgan fingerprint density at radius 1 is 0.926 bits per heavy atom. The summed E-state index contributed by atoms with van der Waals surface area (Å²) in [6.07, 6.45) is 0.390. The first-order valence-electron chi connectivity index (χ1n) is 8.55. The van der Waals surface area contributed by atoms with Crippen LogP contribution in [0.3, 0.4) is 0 Å². The van der Waals surface area contributed by atoms with Crippen LogP contribution in [0.1, 0.15) is 32.9 Å². The lowest BCUT2D eigenvalue weighted by Gasteiger charge is -2.35. The maximum absolute atomic E-state index is 12.6. The number of ketones is 1. The van der Waals surface area contributed by atoms with Crippen LogP contribution in [0.15, 0.2) is 35.7 Å². The summed E-state index contributed by atoms with van der Waals surface area (Å²) in [4.78, 5) is 41.0. The molecule has 5 nitrogen and oxygen atoms in total. The van der Waals surface area contributed by atoms with Gasteiger partial charge in [0.05, 0.1) is 20.5 Å². The van der Waals surface area contributed by atoms with Gasteiger partial charge in [0, 0.05) is 39.0 Å². The third-order valence-corrected chi connectivity index (χ3v) is 6.19. The van der Waals surface area contributed by atoms with Gasteiger partial charge in [0.25, 0.3) is 5.91 Å². The summed E-state index contributed by atoms with van der Waals surface area (Å²) in [7, 11) is 0. The number of carbonyl (C=O) groups is 3. The van der Waals surface area contributed by atoms with Crippen molar-refractivity contribution >= 4 is 52.1 Å². The Hall–Kier alpha value is -1.89. The summed E-state index contributed by atoms with van der Waals surface area (Å²) in [6, 6.07) is 8.55. The molecule has 0 N–H and O–H groups in total. The maximum atomic E-state index is 12.6. The van der Waals surface area contributed by atoms with Crippen LogP contribution in [0.4, 0.5) is 0 Å². The molecule has 8 heteroatoms. The van der Waals surface area contributed by atoms with Gasteiger partial charge in [0.1, 0.15) is 0 Å². The van der Waals surface area contributed by atoms with E-state index in [1.165, 1.54) is 11.3 Å². The molecule has 0 radical (unpaired) electrons. The minimum atomic E-state index is -0.192. The molecule has 0 saturated carbocycles. The van der Waals surface area contributed by atoms with Crippen LogP contribution in [0.5, 0.6) is 0 Å². The molecule has 0 bridgehead atoms. The molecule has 0 unspecified atom stereocenters. The molecular weight excluding hydrogens is 407 g/mol. The second-order valence-corrected chi connectivity index (χ2v) is 7.91.